The Labute approximate surface area is 124 Å². The maximum absolute atomic E-state index is 11.8. The molecule has 0 bridgehead atoms. The maximum atomic E-state index is 11.8. The molecule has 6 nitrogen and oxygen atoms in total. The second-order valence-electron chi connectivity index (χ2n) is 5.69. The number of carbonyl (C=O) groups is 1. The monoisotopic (exact) mass is 289 g/mol. The third kappa shape index (κ3) is 3.58. The zero-order valence-corrected chi connectivity index (χ0v) is 13.3. The van der Waals surface area contributed by atoms with E-state index in [1.54, 1.807) is 4.68 Å². The van der Waals surface area contributed by atoms with Crippen LogP contribution in [0.25, 0.3) is 11.0 Å². The van der Waals surface area contributed by atoms with E-state index in [4.69, 9.17) is 0 Å². The Morgan fingerprint density at radius 3 is 2.76 bits per heavy atom. The minimum Gasteiger partial charge on any atom is -0.353 e. The van der Waals surface area contributed by atoms with Gasteiger partial charge in [0.25, 0.3) is 0 Å². The molecule has 114 valence electrons. The van der Waals surface area contributed by atoms with E-state index in [1.165, 1.54) is 0 Å². The number of hydrogen-bond donors (Lipinski definition) is 2. The number of rotatable bonds is 5. The summed E-state index contributed by atoms with van der Waals surface area (Å²) in [4.78, 5) is 16.3. The fraction of sp³-hybridized carbons (Fsp3) is 0.533. The van der Waals surface area contributed by atoms with Crippen molar-refractivity contribution in [2.45, 2.75) is 46.3 Å². The van der Waals surface area contributed by atoms with E-state index >= 15 is 0 Å². The zero-order chi connectivity index (χ0) is 15.6. The quantitative estimate of drug-likeness (QED) is 0.870. The van der Waals surface area contributed by atoms with E-state index in [2.05, 4.69) is 26.8 Å². The molecule has 0 saturated carbocycles. The molecule has 6 heteroatoms. The smallest absolute Gasteiger partial charge is 0.237 e. The lowest BCUT2D eigenvalue weighted by atomic mass is 10.2. The van der Waals surface area contributed by atoms with Crippen molar-refractivity contribution in [3.05, 3.63) is 23.5 Å². The topological polar surface area (TPSA) is 71.8 Å². The largest absolute Gasteiger partial charge is 0.353 e. The van der Waals surface area contributed by atoms with Gasteiger partial charge in [-0.1, -0.05) is 0 Å². The molecule has 0 aliphatic heterocycles. The maximum Gasteiger partial charge on any atom is 0.237 e. The summed E-state index contributed by atoms with van der Waals surface area (Å²) in [5, 5.41) is 11.5. The zero-order valence-electron chi connectivity index (χ0n) is 13.3. The lowest BCUT2D eigenvalue weighted by Gasteiger charge is -2.16. The number of aryl methyl sites for hydroxylation is 2. The van der Waals surface area contributed by atoms with Crippen LogP contribution in [-0.2, 0) is 18.4 Å². The van der Waals surface area contributed by atoms with Gasteiger partial charge in [0.1, 0.15) is 0 Å². The number of amides is 1. The summed E-state index contributed by atoms with van der Waals surface area (Å²) in [6.45, 7) is 8.34. The molecule has 2 aromatic rings. The number of aromatic nitrogens is 3. The van der Waals surface area contributed by atoms with Crippen molar-refractivity contribution in [2.24, 2.45) is 7.05 Å². The van der Waals surface area contributed by atoms with E-state index in [0.29, 0.717) is 6.54 Å². The van der Waals surface area contributed by atoms with Gasteiger partial charge in [-0.3, -0.25) is 9.48 Å². The number of carbonyl (C=O) groups excluding carboxylic acids is 1. The second-order valence-corrected chi connectivity index (χ2v) is 5.69. The fourth-order valence-corrected chi connectivity index (χ4v) is 2.22. The van der Waals surface area contributed by atoms with Crippen molar-refractivity contribution in [1.82, 2.24) is 25.4 Å². The molecule has 0 aliphatic carbocycles. The lowest BCUT2D eigenvalue weighted by molar-refractivity contribution is -0.123. The third-order valence-corrected chi connectivity index (χ3v) is 3.36. The first kappa shape index (κ1) is 15.4. The van der Waals surface area contributed by atoms with Crippen LogP contribution in [0.5, 0.6) is 0 Å². The summed E-state index contributed by atoms with van der Waals surface area (Å²) < 4.78 is 1.78. The van der Waals surface area contributed by atoms with E-state index < -0.39 is 0 Å². The summed E-state index contributed by atoms with van der Waals surface area (Å²) in [5.74, 6) is 0.0107. The molecular formula is C15H23N5O. The van der Waals surface area contributed by atoms with Gasteiger partial charge in [0.15, 0.2) is 5.65 Å². The molecule has 0 fully saturated rings. The van der Waals surface area contributed by atoms with Gasteiger partial charge in [0, 0.05) is 31.2 Å². The van der Waals surface area contributed by atoms with Crippen LogP contribution in [0.15, 0.2) is 12.3 Å². The molecular weight excluding hydrogens is 266 g/mol. The predicted molar refractivity (Wildman–Crippen MR) is 82.8 cm³/mol. The van der Waals surface area contributed by atoms with Crippen LogP contribution in [0.3, 0.4) is 0 Å². The average Bonchev–Trinajstić information content (AvgIpc) is 2.70. The minimum absolute atomic E-state index is 0.0107. The first-order valence-electron chi connectivity index (χ1n) is 7.20. The molecule has 21 heavy (non-hydrogen) atoms. The Kier molecular flexibility index (Phi) is 4.57. The normalized spacial score (nSPS) is 12.9. The standard InChI is InChI=1S/C15H23N5O/c1-9(2)18-15(21)11(4)16-7-12-6-13-10(3)19-20(5)14(13)17-8-12/h6,8-9,11,16H,7H2,1-5H3,(H,18,21). The van der Waals surface area contributed by atoms with Gasteiger partial charge in [0.2, 0.25) is 5.91 Å². The van der Waals surface area contributed by atoms with Gasteiger partial charge < -0.3 is 10.6 Å². The van der Waals surface area contributed by atoms with Crippen molar-refractivity contribution in [3.8, 4) is 0 Å². The number of hydrogen-bond acceptors (Lipinski definition) is 4. The van der Waals surface area contributed by atoms with Gasteiger partial charge in [-0.05, 0) is 39.3 Å². The summed E-state index contributed by atoms with van der Waals surface area (Å²) in [5.41, 5.74) is 2.89. The van der Waals surface area contributed by atoms with Gasteiger partial charge in [-0.2, -0.15) is 5.10 Å². The second kappa shape index (κ2) is 6.22. The van der Waals surface area contributed by atoms with Crippen LogP contribution in [0.1, 0.15) is 32.0 Å². The first-order chi connectivity index (χ1) is 9.88. The summed E-state index contributed by atoms with van der Waals surface area (Å²) in [6.07, 6.45) is 1.82. The van der Waals surface area contributed by atoms with Crippen LogP contribution in [0.4, 0.5) is 0 Å². The van der Waals surface area contributed by atoms with Crippen molar-refractivity contribution in [2.75, 3.05) is 0 Å². The highest BCUT2D eigenvalue weighted by Gasteiger charge is 2.13. The van der Waals surface area contributed by atoms with Crippen molar-refractivity contribution < 1.29 is 4.79 Å². The minimum atomic E-state index is -0.238. The molecule has 2 N–H and O–H groups in total. The molecule has 1 atom stereocenters. The Morgan fingerprint density at radius 2 is 2.10 bits per heavy atom. The number of nitrogens with one attached hydrogen (secondary N) is 2. The molecule has 0 saturated heterocycles. The van der Waals surface area contributed by atoms with Crippen LogP contribution in [-0.4, -0.2) is 32.8 Å². The van der Waals surface area contributed by atoms with Gasteiger partial charge in [-0.25, -0.2) is 4.98 Å². The SMILES string of the molecule is Cc1nn(C)c2ncc(CNC(C)C(=O)NC(C)C)cc12. The third-order valence-electron chi connectivity index (χ3n) is 3.36. The Morgan fingerprint density at radius 1 is 1.38 bits per heavy atom. The highest BCUT2D eigenvalue weighted by molar-refractivity contribution is 5.81. The van der Waals surface area contributed by atoms with Crippen LogP contribution in [0.2, 0.25) is 0 Å². The van der Waals surface area contributed by atoms with Crippen molar-refractivity contribution in [1.29, 1.82) is 0 Å². The van der Waals surface area contributed by atoms with E-state index in [1.807, 2.05) is 40.9 Å². The Balaban J connectivity index is 2.03. The first-order valence-corrected chi connectivity index (χ1v) is 7.20. The molecule has 2 aromatic heterocycles. The molecule has 0 spiro atoms. The van der Waals surface area contributed by atoms with E-state index in [9.17, 15) is 4.79 Å². The van der Waals surface area contributed by atoms with E-state index in [0.717, 1.165) is 22.3 Å². The van der Waals surface area contributed by atoms with Crippen molar-refractivity contribution >= 4 is 16.9 Å². The van der Waals surface area contributed by atoms with Crippen LogP contribution in [0, 0.1) is 6.92 Å². The van der Waals surface area contributed by atoms with Crippen LogP contribution >= 0.6 is 0 Å². The summed E-state index contributed by atoms with van der Waals surface area (Å²) >= 11 is 0. The predicted octanol–water partition coefficient (Wildman–Crippen LogP) is 1.28. The summed E-state index contributed by atoms with van der Waals surface area (Å²) in [7, 11) is 1.89. The highest BCUT2D eigenvalue weighted by Crippen LogP contribution is 2.16. The van der Waals surface area contributed by atoms with Gasteiger partial charge in [-0.15, -0.1) is 0 Å². The lowest BCUT2D eigenvalue weighted by Crippen LogP contribution is -2.44. The Bertz CT molecular complexity index is 647. The fourth-order valence-electron chi connectivity index (χ4n) is 2.22. The molecule has 0 aliphatic rings. The highest BCUT2D eigenvalue weighted by atomic mass is 16.2. The summed E-state index contributed by atoms with van der Waals surface area (Å²) in [6, 6.07) is 1.99. The van der Waals surface area contributed by atoms with Gasteiger partial charge >= 0.3 is 0 Å². The van der Waals surface area contributed by atoms with Crippen molar-refractivity contribution in [3.63, 3.8) is 0 Å². The molecule has 2 heterocycles. The molecule has 0 aromatic carbocycles. The van der Waals surface area contributed by atoms with E-state index in [-0.39, 0.29) is 18.0 Å². The molecule has 1 amide bonds. The molecule has 1 unspecified atom stereocenters. The average molecular weight is 289 g/mol. The number of nitrogens with zero attached hydrogens (tertiary/aromatic N) is 3. The van der Waals surface area contributed by atoms with Gasteiger partial charge in [0.05, 0.1) is 11.7 Å². The molecule has 2 rings (SSSR count). The Hall–Kier alpha value is -1.95. The van der Waals surface area contributed by atoms with Crippen LogP contribution < -0.4 is 10.6 Å². The number of fused-ring (bicyclic) bond motifs is 1. The molecule has 0 radical (unpaired) electrons. The number of pyridine rings is 1.